The summed E-state index contributed by atoms with van der Waals surface area (Å²) in [4.78, 5) is 2.25. The van der Waals surface area contributed by atoms with E-state index in [1.807, 2.05) is 7.05 Å². The van der Waals surface area contributed by atoms with Crippen LogP contribution in [0.5, 0.6) is 0 Å². The highest BCUT2D eigenvalue weighted by atomic mass is 79.9. The van der Waals surface area contributed by atoms with Crippen LogP contribution in [0, 0.1) is 0 Å². The van der Waals surface area contributed by atoms with Crippen molar-refractivity contribution in [2.24, 2.45) is 0 Å². The molecule has 2 rings (SSSR count). The van der Waals surface area contributed by atoms with Crippen LogP contribution in [-0.2, 0) is 6.54 Å². The molecule has 0 aromatic heterocycles. The maximum atomic E-state index is 3.68. The third-order valence-electron chi connectivity index (χ3n) is 3.66. The van der Waals surface area contributed by atoms with Crippen molar-refractivity contribution in [3.05, 3.63) is 62.5 Å². The zero-order valence-electron chi connectivity index (χ0n) is 12.5. The molecule has 0 amide bonds. The minimum Gasteiger partial charge on any atom is -0.370 e. The minimum atomic E-state index is 0.338. The maximum absolute atomic E-state index is 3.68. The Morgan fingerprint density at radius 1 is 1.10 bits per heavy atom. The summed E-state index contributed by atoms with van der Waals surface area (Å²) in [6.07, 6.45) is 0. The standard InChI is InChI=1S/C17H20Br2N2/c1-12(20-2)16-9-8-15(10-17(16)19)21(3)11-13-4-6-14(18)7-5-13/h4-10,12,20H,11H2,1-3H3. The minimum absolute atomic E-state index is 0.338. The number of rotatable bonds is 5. The van der Waals surface area contributed by atoms with E-state index in [1.54, 1.807) is 0 Å². The number of halogens is 2. The van der Waals surface area contributed by atoms with Crippen molar-refractivity contribution >= 4 is 37.5 Å². The first kappa shape index (κ1) is 16.5. The second kappa shape index (κ2) is 7.43. The number of hydrogen-bond acceptors (Lipinski definition) is 2. The van der Waals surface area contributed by atoms with Crippen LogP contribution in [0.4, 0.5) is 5.69 Å². The van der Waals surface area contributed by atoms with E-state index in [4.69, 9.17) is 0 Å². The van der Waals surface area contributed by atoms with Gasteiger partial charge in [0.05, 0.1) is 0 Å². The summed E-state index contributed by atoms with van der Waals surface area (Å²) in [5, 5.41) is 3.27. The monoisotopic (exact) mass is 410 g/mol. The maximum Gasteiger partial charge on any atom is 0.0426 e. The summed E-state index contributed by atoms with van der Waals surface area (Å²) < 4.78 is 2.26. The van der Waals surface area contributed by atoms with E-state index >= 15 is 0 Å². The first-order valence-electron chi connectivity index (χ1n) is 6.93. The lowest BCUT2D eigenvalue weighted by molar-refractivity contribution is 0.649. The van der Waals surface area contributed by atoms with E-state index in [1.165, 1.54) is 16.8 Å². The normalized spacial score (nSPS) is 12.2. The van der Waals surface area contributed by atoms with Gasteiger partial charge >= 0.3 is 0 Å². The molecule has 2 nitrogen and oxygen atoms in total. The Labute approximate surface area is 143 Å². The van der Waals surface area contributed by atoms with Crippen molar-refractivity contribution in [2.75, 3.05) is 19.0 Å². The number of benzene rings is 2. The fourth-order valence-corrected chi connectivity index (χ4v) is 3.19. The number of nitrogens with one attached hydrogen (secondary N) is 1. The predicted molar refractivity (Wildman–Crippen MR) is 97.9 cm³/mol. The molecule has 0 aliphatic carbocycles. The second-order valence-electron chi connectivity index (χ2n) is 5.20. The average molecular weight is 412 g/mol. The lowest BCUT2D eigenvalue weighted by atomic mass is 10.1. The van der Waals surface area contributed by atoms with Gasteiger partial charge in [0.1, 0.15) is 0 Å². The second-order valence-corrected chi connectivity index (χ2v) is 6.97. The summed E-state index contributed by atoms with van der Waals surface area (Å²) in [5.41, 5.74) is 3.78. The van der Waals surface area contributed by atoms with Gasteiger partial charge < -0.3 is 10.2 Å². The van der Waals surface area contributed by atoms with E-state index in [0.29, 0.717) is 6.04 Å². The van der Waals surface area contributed by atoms with Crippen LogP contribution in [0.1, 0.15) is 24.1 Å². The molecular formula is C17H20Br2N2. The van der Waals surface area contributed by atoms with Crippen LogP contribution in [0.3, 0.4) is 0 Å². The first-order valence-corrected chi connectivity index (χ1v) is 8.52. The van der Waals surface area contributed by atoms with Crippen LogP contribution in [0.15, 0.2) is 51.4 Å². The third-order valence-corrected chi connectivity index (χ3v) is 4.87. The van der Waals surface area contributed by atoms with Gasteiger partial charge in [-0.2, -0.15) is 0 Å². The largest absolute Gasteiger partial charge is 0.370 e. The highest BCUT2D eigenvalue weighted by molar-refractivity contribution is 9.10. The average Bonchev–Trinajstić information content (AvgIpc) is 2.48. The lowest BCUT2D eigenvalue weighted by Gasteiger charge is -2.21. The van der Waals surface area contributed by atoms with Crippen molar-refractivity contribution in [3.63, 3.8) is 0 Å². The molecule has 4 heteroatoms. The Bertz CT molecular complexity index is 596. The molecule has 2 aromatic rings. The molecule has 1 N–H and O–H groups in total. The fraction of sp³-hybridized carbons (Fsp3) is 0.294. The van der Waals surface area contributed by atoms with Crippen molar-refractivity contribution in [3.8, 4) is 0 Å². The molecule has 0 spiro atoms. The summed E-state index contributed by atoms with van der Waals surface area (Å²) >= 11 is 7.15. The molecule has 21 heavy (non-hydrogen) atoms. The predicted octanol–water partition coefficient (Wildman–Crippen LogP) is 5.13. The van der Waals surface area contributed by atoms with E-state index in [-0.39, 0.29) is 0 Å². The summed E-state index contributed by atoms with van der Waals surface area (Å²) in [6, 6.07) is 15.3. The Morgan fingerprint density at radius 3 is 2.33 bits per heavy atom. The zero-order valence-corrected chi connectivity index (χ0v) is 15.7. The van der Waals surface area contributed by atoms with Gasteiger partial charge in [0, 0.05) is 34.3 Å². The summed E-state index contributed by atoms with van der Waals surface area (Å²) in [6.45, 7) is 3.05. The van der Waals surface area contributed by atoms with Crippen LogP contribution in [0.2, 0.25) is 0 Å². The Hall–Kier alpha value is -0.840. The molecule has 1 atom stereocenters. The molecule has 0 fully saturated rings. The van der Waals surface area contributed by atoms with Gasteiger partial charge in [0.15, 0.2) is 0 Å². The highest BCUT2D eigenvalue weighted by Crippen LogP contribution is 2.28. The molecule has 2 aromatic carbocycles. The van der Waals surface area contributed by atoms with Crippen LogP contribution in [0.25, 0.3) is 0 Å². The van der Waals surface area contributed by atoms with Gasteiger partial charge in [-0.1, -0.05) is 50.1 Å². The first-order chi connectivity index (χ1) is 10.0. The summed E-state index contributed by atoms with van der Waals surface area (Å²) in [7, 11) is 4.09. The van der Waals surface area contributed by atoms with Gasteiger partial charge in [-0.3, -0.25) is 0 Å². The quantitative estimate of drug-likeness (QED) is 0.733. The number of anilines is 1. The van der Waals surface area contributed by atoms with Crippen molar-refractivity contribution in [1.29, 1.82) is 0 Å². The Kier molecular flexibility index (Phi) is 5.85. The van der Waals surface area contributed by atoms with Crippen LogP contribution >= 0.6 is 31.9 Å². The van der Waals surface area contributed by atoms with E-state index < -0.39 is 0 Å². The molecule has 0 bridgehead atoms. The number of hydrogen-bond donors (Lipinski definition) is 1. The van der Waals surface area contributed by atoms with E-state index in [9.17, 15) is 0 Å². The number of nitrogens with zero attached hydrogens (tertiary/aromatic N) is 1. The smallest absolute Gasteiger partial charge is 0.0426 e. The Morgan fingerprint density at radius 2 is 1.76 bits per heavy atom. The van der Waals surface area contributed by atoms with Crippen molar-refractivity contribution in [1.82, 2.24) is 5.32 Å². The molecule has 0 saturated heterocycles. The van der Waals surface area contributed by atoms with Crippen LogP contribution < -0.4 is 10.2 Å². The van der Waals surface area contributed by atoms with Gasteiger partial charge in [-0.25, -0.2) is 0 Å². The van der Waals surface area contributed by atoms with Gasteiger partial charge in [0.2, 0.25) is 0 Å². The van der Waals surface area contributed by atoms with E-state index in [0.717, 1.165) is 15.5 Å². The fourth-order valence-electron chi connectivity index (χ4n) is 2.22. The molecule has 0 heterocycles. The molecule has 0 saturated carbocycles. The van der Waals surface area contributed by atoms with Gasteiger partial charge in [-0.15, -0.1) is 0 Å². The zero-order chi connectivity index (χ0) is 15.4. The molecule has 1 unspecified atom stereocenters. The molecule has 112 valence electrons. The summed E-state index contributed by atoms with van der Waals surface area (Å²) in [5.74, 6) is 0. The topological polar surface area (TPSA) is 15.3 Å². The van der Waals surface area contributed by atoms with Gasteiger partial charge in [-0.05, 0) is 49.4 Å². The Balaban J connectivity index is 2.14. The molecule has 0 radical (unpaired) electrons. The van der Waals surface area contributed by atoms with Crippen LogP contribution in [-0.4, -0.2) is 14.1 Å². The molecule has 0 aliphatic heterocycles. The lowest BCUT2D eigenvalue weighted by Crippen LogP contribution is -2.17. The highest BCUT2D eigenvalue weighted by Gasteiger charge is 2.10. The van der Waals surface area contributed by atoms with Crippen molar-refractivity contribution in [2.45, 2.75) is 19.5 Å². The van der Waals surface area contributed by atoms with E-state index in [2.05, 4.69) is 98.5 Å². The third kappa shape index (κ3) is 4.31. The van der Waals surface area contributed by atoms with Crippen molar-refractivity contribution < 1.29 is 0 Å². The van der Waals surface area contributed by atoms with Gasteiger partial charge in [0.25, 0.3) is 0 Å². The SMILES string of the molecule is CNC(C)c1ccc(N(C)Cc2ccc(Br)cc2)cc1Br. The molecule has 0 aliphatic rings. The molecular weight excluding hydrogens is 392 g/mol.